The first-order valence-corrected chi connectivity index (χ1v) is 1.09. The second-order valence-electron chi connectivity index (χ2n) is 0.236. The van der Waals surface area contributed by atoms with Crippen molar-refractivity contribution in [3.05, 3.63) is 0 Å². The van der Waals surface area contributed by atoms with Gasteiger partial charge in [-0.3, -0.25) is 0 Å². The molecule has 0 saturated carbocycles. The van der Waals surface area contributed by atoms with E-state index < -0.39 is 0 Å². The van der Waals surface area contributed by atoms with Crippen LogP contribution in [0.25, 0.3) is 0 Å². The molecule has 0 radical (unpaired) electrons. The lowest BCUT2D eigenvalue weighted by Gasteiger charge is -1.62. The number of aliphatic hydroxyl groups is 1. The van der Waals surface area contributed by atoms with Crippen LogP contribution in [0.5, 0.6) is 0 Å². The van der Waals surface area contributed by atoms with E-state index in [1.54, 1.807) is 0 Å². The lowest BCUT2D eigenvalue weighted by Crippen LogP contribution is -1.86. The van der Waals surface area contributed by atoms with Crippen molar-refractivity contribution < 1.29 is 9.94 Å². The minimum absolute atomic E-state index is 1.00. The van der Waals surface area contributed by atoms with Crippen LogP contribution in [0.1, 0.15) is 0 Å². The van der Waals surface area contributed by atoms with Crippen LogP contribution in [0.3, 0.4) is 0 Å². The molecular formula is C2H9NO2. The average molecular weight is 79.1 g/mol. The van der Waals surface area contributed by atoms with Crippen LogP contribution in [0.15, 0.2) is 0 Å². The summed E-state index contributed by atoms with van der Waals surface area (Å²) in [4.78, 5) is 3.75. The zero-order valence-electron chi connectivity index (χ0n) is 3.43. The van der Waals surface area contributed by atoms with Crippen molar-refractivity contribution >= 4 is 0 Å². The highest BCUT2D eigenvalue weighted by Crippen LogP contribution is 1.14. The smallest absolute Gasteiger partial charge is 0.0569 e. The second-order valence-corrected chi connectivity index (χ2v) is 0.236. The molecule has 0 atom stereocenters. The first-order valence-electron chi connectivity index (χ1n) is 1.09. The van der Waals surface area contributed by atoms with Crippen molar-refractivity contribution in [1.29, 1.82) is 0 Å². The molecule has 3 heteroatoms. The van der Waals surface area contributed by atoms with Gasteiger partial charge in [0.2, 0.25) is 0 Å². The molecule has 0 unspecified atom stereocenters. The molecule has 0 fully saturated rings. The summed E-state index contributed by atoms with van der Waals surface area (Å²) in [7, 11) is 2.40. The molecule has 0 heterocycles. The summed E-state index contributed by atoms with van der Waals surface area (Å²) in [5.41, 5.74) is 0. The molecule has 0 aliphatic rings. The quantitative estimate of drug-likeness (QED) is 0.370. The zero-order valence-corrected chi connectivity index (χ0v) is 3.43. The van der Waals surface area contributed by atoms with Crippen LogP contribution in [0, 0.1) is 0 Å². The highest BCUT2D eigenvalue weighted by Gasteiger charge is 1.23. The van der Waals surface area contributed by atoms with Gasteiger partial charge in [0, 0.05) is 7.11 Å². The minimum Gasteiger partial charge on any atom is -0.400 e. The molecule has 34 valence electrons. The van der Waals surface area contributed by atoms with Crippen LogP contribution in [0.2, 0.25) is 0 Å². The van der Waals surface area contributed by atoms with E-state index in [1.165, 1.54) is 7.11 Å². The van der Waals surface area contributed by atoms with Gasteiger partial charge in [-0.15, -0.1) is 0 Å². The van der Waals surface area contributed by atoms with Gasteiger partial charge in [-0.25, -0.2) is 5.90 Å². The molecule has 0 amide bonds. The van der Waals surface area contributed by atoms with Crippen molar-refractivity contribution in [1.82, 2.24) is 0 Å². The highest BCUT2D eigenvalue weighted by atomic mass is 16.6. The van der Waals surface area contributed by atoms with Gasteiger partial charge in [0.25, 0.3) is 0 Å². The van der Waals surface area contributed by atoms with Gasteiger partial charge < -0.3 is 9.94 Å². The fraction of sp³-hybridized carbons (Fsp3) is 1.00. The van der Waals surface area contributed by atoms with Crippen LogP contribution < -0.4 is 5.90 Å². The minimum atomic E-state index is 1.00. The fourth-order valence-corrected chi connectivity index (χ4v) is 0. The number of hydrogen-bond acceptors (Lipinski definition) is 3. The molecule has 0 bridgehead atoms. The first-order chi connectivity index (χ1) is 2.41. The van der Waals surface area contributed by atoms with Crippen molar-refractivity contribution in [3.8, 4) is 0 Å². The van der Waals surface area contributed by atoms with E-state index in [0.717, 1.165) is 7.11 Å². The molecule has 0 aliphatic heterocycles. The van der Waals surface area contributed by atoms with E-state index >= 15 is 0 Å². The van der Waals surface area contributed by atoms with E-state index in [0.29, 0.717) is 0 Å². The molecule has 5 heavy (non-hydrogen) atoms. The third-order valence-electron chi connectivity index (χ3n) is 0. The summed E-state index contributed by atoms with van der Waals surface area (Å²) in [6, 6.07) is 0. The molecule has 0 spiro atoms. The maximum absolute atomic E-state index is 7.00. The van der Waals surface area contributed by atoms with Gasteiger partial charge in [0.05, 0.1) is 7.11 Å². The fourth-order valence-electron chi connectivity index (χ4n) is 0. The number of rotatable bonds is 0. The van der Waals surface area contributed by atoms with Crippen molar-refractivity contribution in [3.63, 3.8) is 0 Å². The third kappa shape index (κ3) is 952. The number of hydrogen-bond donors (Lipinski definition) is 2. The van der Waals surface area contributed by atoms with Gasteiger partial charge >= 0.3 is 0 Å². The molecule has 0 aliphatic carbocycles. The maximum Gasteiger partial charge on any atom is 0.0569 e. The zero-order chi connectivity index (χ0) is 4.71. The molecule has 0 aromatic heterocycles. The van der Waals surface area contributed by atoms with E-state index in [-0.39, 0.29) is 0 Å². The Labute approximate surface area is 31.3 Å². The summed E-state index contributed by atoms with van der Waals surface area (Å²) < 4.78 is 0. The van der Waals surface area contributed by atoms with Gasteiger partial charge in [0.15, 0.2) is 0 Å². The lowest BCUT2D eigenvalue weighted by atomic mass is 11.7. The van der Waals surface area contributed by atoms with Crippen LogP contribution in [-0.2, 0) is 4.84 Å². The Balaban J connectivity index is 0. The van der Waals surface area contributed by atoms with Crippen molar-refractivity contribution in [2.45, 2.75) is 0 Å². The Hall–Kier alpha value is -0.120. The summed E-state index contributed by atoms with van der Waals surface area (Å²) in [6.07, 6.45) is 0. The van der Waals surface area contributed by atoms with E-state index in [4.69, 9.17) is 5.11 Å². The summed E-state index contributed by atoms with van der Waals surface area (Å²) in [5, 5.41) is 7.00. The Morgan fingerprint density at radius 3 is 1.60 bits per heavy atom. The van der Waals surface area contributed by atoms with Crippen molar-refractivity contribution in [2.24, 2.45) is 5.90 Å². The molecular weight excluding hydrogens is 70.0 g/mol. The molecule has 0 rings (SSSR count). The van der Waals surface area contributed by atoms with Gasteiger partial charge in [-0.05, 0) is 0 Å². The van der Waals surface area contributed by atoms with Crippen LogP contribution in [-0.4, -0.2) is 19.3 Å². The Kier molecular flexibility index (Phi) is 73.6. The molecule has 3 nitrogen and oxygen atoms in total. The summed E-state index contributed by atoms with van der Waals surface area (Å²) in [6.45, 7) is 0. The normalized spacial score (nSPS) is 4.80. The molecule has 3 N–H and O–H groups in total. The predicted octanol–water partition coefficient (Wildman–Crippen LogP) is -0.885. The highest BCUT2D eigenvalue weighted by molar-refractivity contribution is 3.43. The Morgan fingerprint density at radius 1 is 1.60 bits per heavy atom. The van der Waals surface area contributed by atoms with Gasteiger partial charge in [-0.1, -0.05) is 0 Å². The third-order valence-corrected chi connectivity index (χ3v) is 0. The SMILES string of the molecule is CO.CON. The Morgan fingerprint density at radius 2 is 1.60 bits per heavy atom. The van der Waals surface area contributed by atoms with Gasteiger partial charge in [-0.2, -0.15) is 0 Å². The largest absolute Gasteiger partial charge is 0.400 e. The van der Waals surface area contributed by atoms with E-state index in [9.17, 15) is 0 Å². The monoisotopic (exact) mass is 79.1 g/mol. The average Bonchev–Trinajstić information content (AvgIpc) is 1.46. The standard InChI is InChI=1S/CH5NO.CH4O/c1-3-2;1-2/h2H2,1H3;2H,1H3. The lowest BCUT2D eigenvalue weighted by molar-refractivity contribution is 0.206. The Bertz CT molecular complexity index is 7.61. The summed E-state index contributed by atoms with van der Waals surface area (Å²) >= 11 is 0. The summed E-state index contributed by atoms with van der Waals surface area (Å²) in [5.74, 6) is 4.35. The van der Waals surface area contributed by atoms with Crippen LogP contribution >= 0.6 is 0 Å². The topological polar surface area (TPSA) is 55.5 Å². The first kappa shape index (κ1) is 8.86. The molecule has 0 aromatic rings. The number of nitrogens with two attached hydrogens (primary N) is 1. The maximum atomic E-state index is 7.00. The van der Waals surface area contributed by atoms with E-state index in [2.05, 4.69) is 10.7 Å². The van der Waals surface area contributed by atoms with E-state index in [1.807, 2.05) is 0 Å². The van der Waals surface area contributed by atoms with Crippen molar-refractivity contribution in [2.75, 3.05) is 14.2 Å². The molecule has 0 saturated heterocycles. The van der Waals surface area contributed by atoms with Crippen LogP contribution in [0.4, 0.5) is 0 Å². The van der Waals surface area contributed by atoms with Gasteiger partial charge in [0.1, 0.15) is 0 Å². The predicted molar refractivity (Wildman–Crippen MR) is 19.3 cm³/mol. The second kappa shape index (κ2) is 41.6. The number of aliphatic hydroxyl groups excluding tert-OH is 1. The molecule has 0 aromatic carbocycles.